The summed E-state index contributed by atoms with van der Waals surface area (Å²) in [7, 11) is -2.92. The number of carboxylic acid groups (broad SMARTS) is 1. The van der Waals surface area contributed by atoms with Gasteiger partial charge in [0.15, 0.2) is 9.84 Å². The first-order valence-electron chi connectivity index (χ1n) is 4.71. The average molecular weight is 221 g/mol. The fourth-order valence-electron chi connectivity index (χ4n) is 1.69. The number of aliphatic carboxylic acids is 1. The molecule has 2 N–H and O–H groups in total. The van der Waals surface area contributed by atoms with E-state index in [4.69, 9.17) is 0 Å². The molecular weight excluding hydrogens is 206 g/mol. The van der Waals surface area contributed by atoms with Crippen LogP contribution in [0.25, 0.3) is 0 Å². The van der Waals surface area contributed by atoms with E-state index in [0.717, 1.165) is 0 Å². The standard InChI is InChI=1S/C8H15NO4S/c1-2-7(8(10)11)9-6-3-4-14(12,13)5-6/h6-7,9H,2-5H2,1H3,(H,10,11)/t6-,7+/m0/s1. The van der Waals surface area contributed by atoms with Crippen molar-refractivity contribution in [2.24, 2.45) is 0 Å². The fraction of sp³-hybridized carbons (Fsp3) is 0.875. The molecule has 0 aliphatic carbocycles. The zero-order chi connectivity index (χ0) is 10.8. The number of carbonyl (C=O) groups excluding carboxylic acids is 1. The summed E-state index contributed by atoms with van der Waals surface area (Å²) in [5, 5.41) is 12.2. The van der Waals surface area contributed by atoms with Crippen LogP contribution in [0.3, 0.4) is 0 Å². The van der Waals surface area contributed by atoms with Gasteiger partial charge in [-0.3, -0.25) is 0 Å². The molecule has 2 atom stereocenters. The van der Waals surface area contributed by atoms with Gasteiger partial charge in [-0.15, -0.1) is 0 Å². The lowest BCUT2D eigenvalue weighted by Gasteiger charge is -2.17. The van der Waals surface area contributed by atoms with Crippen molar-refractivity contribution in [3.8, 4) is 0 Å². The maximum Gasteiger partial charge on any atom is 0.156 e. The largest absolute Gasteiger partial charge is 0.544 e. The van der Waals surface area contributed by atoms with Gasteiger partial charge in [0.05, 0.1) is 11.7 Å². The Morgan fingerprint density at radius 3 is 2.64 bits per heavy atom. The highest BCUT2D eigenvalue weighted by Crippen LogP contribution is 2.08. The van der Waals surface area contributed by atoms with Gasteiger partial charge in [0.1, 0.15) is 17.8 Å². The highest BCUT2D eigenvalue weighted by Gasteiger charge is 2.32. The number of hydrogen-bond donors (Lipinski definition) is 1. The molecule has 1 aliphatic heterocycles. The lowest BCUT2D eigenvalue weighted by atomic mass is 10.2. The van der Waals surface area contributed by atoms with E-state index in [2.05, 4.69) is 0 Å². The van der Waals surface area contributed by atoms with E-state index in [-0.39, 0.29) is 17.5 Å². The van der Waals surface area contributed by atoms with Gasteiger partial charge < -0.3 is 15.2 Å². The molecule has 0 spiro atoms. The van der Waals surface area contributed by atoms with E-state index < -0.39 is 21.8 Å². The molecule has 1 saturated heterocycles. The van der Waals surface area contributed by atoms with E-state index in [1.165, 1.54) is 0 Å². The van der Waals surface area contributed by atoms with Crippen molar-refractivity contribution in [2.45, 2.75) is 31.8 Å². The Morgan fingerprint density at radius 1 is 1.64 bits per heavy atom. The molecule has 0 aromatic heterocycles. The van der Waals surface area contributed by atoms with Gasteiger partial charge in [0, 0.05) is 12.8 Å². The molecule has 82 valence electrons. The molecule has 6 heteroatoms. The van der Waals surface area contributed by atoms with Crippen molar-refractivity contribution in [1.29, 1.82) is 0 Å². The molecule has 5 nitrogen and oxygen atoms in total. The first-order chi connectivity index (χ1) is 6.44. The topological polar surface area (TPSA) is 90.9 Å². The van der Waals surface area contributed by atoms with E-state index in [9.17, 15) is 18.3 Å². The monoisotopic (exact) mass is 221 g/mol. The molecule has 1 fully saturated rings. The molecule has 1 aliphatic rings. The molecule has 0 bridgehead atoms. The Morgan fingerprint density at radius 2 is 2.29 bits per heavy atom. The zero-order valence-electron chi connectivity index (χ0n) is 8.10. The third-order valence-corrected chi connectivity index (χ3v) is 4.31. The minimum Gasteiger partial charge on any atom is -0.544 e. The Balaban J connectivity index is 2.50. The van der Waals surface area contributed by atoms with Gasteiger partial charge in [-0.1, -0.05) is 6.92 Å². The Bertz CT molecular complexity index is 311. The summed E-state index contributed by atoms with van der Waals surface area (Å²) in [5.41, 5.74) is 0. The molecule has 0 unspecified atom stereocenters. The summed E-state index contributed by atoms with van der Waals surface area (Å²) in [4.78, 5) is 10.6. The Kier molecular flexibility index (Phi) is 3.49. The third kappa shape index (κ3) is 2.95. The number of carbonyl (C=O) groups is 1. The molecule has 0 aromatic rings. The summed E-state index contributed by atoms with van der Waals surface area (Å²) in [6.45, 7) is 1.75. The Labute approximate surface area is 83.4 Å². The molecule has 0 saturated carbocycles. The number of hydrogen-bond acceptors (Lipinski definition) is 4. The van der Waals surface area contributed by atoms with Crippen LogP contribution in [0.1, 0.15) is 19.8 Å². The predicted octanol–water partition coefficient (Wildman–Crippen LogP) is -2.73. The highest BCUT2D eigenvalue weighted by molar-refractivity contribution is 7.91. The molecular formula is C8H15NO4S. The van der Waals surface area contributed by atoms with Crippen molar-refractivity contribution in [3.05, 3.63) is 0 Å². The molecule has 14 heavy (non-hydrogen) atoms. The van der Waals surface area contributed by atoms with Gasteiger partial charge in [-0.25, -0.2) is 8.42 Å². The van der Waals surface area contributed by atoms with Crippen LogP contribution in [0, 0.1) is 0 Å². The van der Waals surface area contributed by atoms with Crippen molar-refractivity contribution in [2.75, 3.05) is 11.5 Å². The summed E-state index contributed by atoms with van der Waals surface area (Å²) >= 11 is 0. The smallest absolute Gasteiger partial charge is 0.156 e. The maximum absolute atomic E-state index is 11.1. The molecule has 0 radical (unpaired) electrons. The number of sulfone groups is 1. The summed E-state index contributed by atoms with van der Waals surface area (Å²) < 4.78 is 22.2. The second-order valence-electron chi connectivity index (χ2n) is 3.69. The fourth-order valence-corrected chi connectivity index (χ4v) is 3.44. The lowest BCUT2D eigenvalue weighted by Crippen LogP contribution is -2.97. The van der Waals surface area contributed by atoms with Gasteiger partial charge >= 0.3 is 0 Å². The predicted molar refractivity (Wildman–Crippen MR) is 48.1 cm³/mol. The van der Waals surface area contributed by atoms with Crippen LogP contribution in [0.4, 0.5) is 0 Å². The second kappa shape index (κ2) is 4.27. The second-order valence-corrected chi connectivity index (χ2v) is 5.92. The number of rotatable bonds is 4. The highest BCUT2D eigenvalue weighted by atomic mass is 32.2. The quantitative estimate of drug-likeness (QED) is 0.558. The molecule has 1 rings (SSSR count). The SMILES string of the molecule is CC[C@@H]([NH2+][C@H]1CCS(=O)(=O)C1)C(=O)[O-]. The Hall–Kier alpha value is -0.620. The van der Waals surface area contributed by atoms with Crippen LogP contribution in [0.15, 0.2) is 0 Å². The first-order valence-corrected chi connectivity index (χ1v) is 6.53. The lowest BCUT2D eigenvalue weighted by molar-refractivity contribution is -0.710. The van der Waals surface area contributed by atoms with Crippen LogP contribution >= 0.6 is 0 Å². The summed E-state index contributed by atoms with van der Waals surface area (Å²) in [5.74, 6) is -0.842. The zero-order valence-corrected chi connectivity index (χ0v) is 8.92. The average Bonchev–Trinajstić information content (AvgIpc) is 2.41. The van der Waals surface area contributed by atoms with Crippen LogP contribution < -0.4 is 10.4 Å². The van der Waals surface area contributed by atoms with Crippen molar-refractivity contribution in [1.82, 2.24) is 0 Å². The van der Waals surface area contributed by atoms with Crippen LogP contribution in [-0.4, -0.2) is 38.0 Å². The minimum absolute atomic E-state index is 0.0940. The molecule has 0 aromatic carbocycles. The van der Waals surface area contributed by atoms with Gasteiger partial charge in [0.2, 0.25) is 0 Å². The van der Waals surface area contributed by atoms with Crippen molar-refractivity contribution in [3.63, 3.8) is 0 Å². The van der Waals surface area contributed by atoms with Gasteiger partial charge in [0.25, 0.3) is 0 Å². The van der Waals surface area contributed by atoms with Crippen molar-refractivity contribution >= 4 is 15.8 Å². The van der Waals surface area contributed by atoms with E-state index in [1.807, 2.05) is 0 Å². The normalized spacial score (nSPS) is 27.4. The maximum atomic E-state index is 11.1. The molecule has 0 amide bonds. The summed E-state index contributed by atoms with van der Waals surface area (Å²) in [6, 6.07) is -0.726. The first kappa shape index (κ1) is 11.5. The van der Waals surface area contributed by atoms with Crippen molar-refractivity contribution < 1.29 is 23.6 Å². The number of nitrogens with two attached hydrogens (primary N) is 1. The molecule has 1 heterocycles. The van der Waals surface area contributed by atoms with Crippen LogP contribution in [0.5, 0.6) is 0 Å². The van der Waals surface area contributed by atoms with Crippen LogP contribution in [-0.2, 0) is 14.6 Å². The van der Waals surface area contributed by atoms with E-state index in [0.29, 0.717) is 12.8 Å². The van der Waals surface area contributed by atoms with Crippen LogP contribution in [0.2, 0.25) is 0 Å². The van der Waals surface area contributed by atoms with Gasteiger partial charge in [-0.2, -0.15) is 0 Å². The number of carboxylic acids is 1. The summed E-state index contributed by atoms with van der Waals surface area (Å²) in [6.07, 6.45) is 1.00. The number of quaternary nitrogens is 1. The van der Waals surface area contributed by atoms with E-state index in [1.54, 1.807) is 12.2 Å². The third-order valence-electron chi connectivity index (χ3n) is 2.51. The minimum atomic E-state index is -2.92. The van der Waals surface area contributed by atoms with Gasteiger partial charge in [-0.05, 0) is 0 Å². The van der Waals surface area contributed by atoms with E-state index >= 15 is 0 Å².